The Bertz CT molecular complexity index is 524. The van der Waals surface area contributed by atoms with Gasteiger partial charge < -0.3 is 10.2 Å². The van der Waals surface area contributed by atoms with Crippen LogP contribution in [0, 0.1) is 5.92 Å². The molecule has 0 aromatic heterocycles. The molecule has 0 bridgehead atoms. The number of hydrogen-bond acceptors (Lipinski definition) is 3. The molecule has 22 heavy (non-hydrogen) atoms. The summed E-state index contributed by atoms with van der Waals surface area (Å²) in [6, 6.07) is 9.46. The predicted octanol–water partition coefficient (Wildman–Crippen LogP) is 2.64. The number of benzene rings is 1. The lowest BCUT2D eigenvalue weighted by Gasteiger charge is -2.23. The molecule has 2 rings (SSSR count). The maximum atomic E-state index is 11.4. The van der Waals surface area contributed by atoms with Crippen molar-refractivity contribution in [2.24, 2.45) is 5.92 Å². The first-order valence-corrected chi connectivity index (χ1v) is 7.86. The van der Waals surface area contributed by atoms with Crippen molar-refractivity contribution in [2.75, 3.05) is 13.1 Å². The summed E-state index contributed by atoms with van der Waals surface area (Å²) in [4.78, 5) is 13.2. The van der Waals surface area contributed by atoms with Gasteiger partial charge in [-0.1, -0.05) is 50.3 Å². The Hall–Kier alpha value is -1.65. The predicted molar refractivity (Wildman–Crippen MR) is 87.5 cm³/mol. The van der Waals surface area contributed by atoms with Gasteiger partial charge in [-0.25, -0.2) is 0 Å². The van der Waals surface area contributed by atoms with E-state index in [1.54, 1.807) is 0 Å². The summed E-state index contributed by atoms with van der Waals surface area (Å²) in [5.74, 6) is -0.300. The van der Waals surface area contributed by atoms with Gasteiger partial charge in [0.25, 0.3) is 0 Å². The highest BCUT2D eigenvalue weighted by atomic mass is 16.4. The average molecular weight is 303 g/mol. The smallest absolute Gasteiger partial charge is 0.321 e. The van der Waals surface area contributed by atoms with E-state index in [2.05, 4.69) is 32.1 Å². The number of rotatable bonds is 6. The van der Waals surface area contributed by atoms with Crippen molar-refractivity contribution in [3.8, 4) is 0 Å². The minimum atomic E-state index is -0.854. The molecule has 0 amide bonds. The maximum Gasteiger partial charge on any atom is 0.321 e. The Morgan fingerprint density at radius 1 is 1.36 bits per heavy atom. The van der Waals surface area contributed by atoms with Gasteiger partial charge in [0.15, 0.2) is 0 Å². The van der Waals surface area contributed by atoms with Gasteiger partial charge in [-0.2, -0.15) is 0 Å². The van der Waals surface area contributed by atoms with Crippen molar-refractivity contribution >= 4 is 11.5 Å². The Morgan fingerprint density at radius 2 is 2.05 bits per heavy atom. The van der Waals surface area contributed by atoms with Crippen molar-refractivity contribution in [3.63, 3.8) is 0 Å². The van der Waals surface area contributed by atoms with Gasteiger partial charge in [0.2, 0.25) is 0 Å². The summed E-state index contributed by atoms with van der Waals surface area (Å²) in [5, 5.41) is 19.1. The van der Waals surface area contributed by atoms with Crippen molar-refractivity contribution in [3.05, 3.63) is 42.0 Å². The fraction of sp³-hybridized carbons (Fsp3) is 0.500. The topological polar surface area (TPSA) is 60.8 Å². The first-order valence-electron chi connectivity index (χ1n) is 7.86. The zero-order chi connectivity index (χ0) is 16.1. The van der Waals surface area contributed by atoms with Crippen LogP contribution in [0.15, 0.2) is 36.4 Å². The standard InChI is InChI=1S/C18H25NO3/c1-13(2)8-9-15(14-6-4-3-5-7-14)11-19-12-16(20)10-17(19)18(21)22/h3-7,9,13,16-17,20H,8,10-12H2,1-2H3,(H,21,22)/b15-9+/t16-,17+/m1/s1. The number of β-amino-alcohol motifs (C(OH)–C–C–N with tert-alkyl or cyclic N) is 1. The van der Waals surface area contributed by atoms with Gasteiger partial charge in [-0.3, -0.25) is 9.69 Å². The zero-order valence-corrected chi connectivity index (χ0v) is 13.3. The highest BCUT2D eigenvalue weighted by Gasteiger charge is 2.36. The van der Waals surface area contributed by atoms with E-state index in [-0.39, 0.29) is 0 Å². The molecule has 4 nitrogen and oxygen atoms in total. The number of hydrogen-bond donors (Lipinski definition) is 2. The first kappa shape index (κ1) is 16.7. The van der Waals surface area contributed by atoms with Gasteiger partial charge in [0.1, 0.15) is 6.04 Å². The molecule has 2 N–H and O–H groups in total. The molecule has 0 unspecified atom stereocenters. The number of aliphatic hydroxyl groups excluding tert-OH is 1. The normalized spacial score (nSPS) is 23.2. The van der Waals surface area contributed by atoms with E-state index in [1.165, 1.54) is 0 Å². The number of carboxylic acids is 1. The number of allylic oxidation sites excluding steroid dienone is 1. The minimum Gasteiger partial charge on any atom is -0.480 e. The minimum absolute atomic E-state index is 0.307. The van der Waals surface area contributed by atoms with Crippen LogP contribution in [-0.2, 0) is 4.79 Å². The summed E-state index contributed by atoms with van der Waals surface area (Å²) < 4.78 is 0. The number of carbonyl (C=O) groups is 1. The number of aliphatic hydroxyl groups is 1. The molecule has 1 aromatic carbocycles. The van der Waals surface area contributed by atoms with Crippen LogP contribution in [0.25, 0.3) is 5.57 Å². The SMILES string of the molecule is CC(C)C/C=C(\CN1C[C@H](O)C[C@H]1C(=O)O)c1ccccc1. The summed E-state index contributed by atoms with van der Waals surface area (Å²) in [6.07, 6.45) is 2.91. The van der Waals surface area contributed by atoms with Crippen LogP contribution >= 0.6 is 0 Å². The van der Waals surface area contributed by atoms with E-state index in [0.717, 1.165) is 17.6 Å². The lowest BCUT2D eigenvalue weighted by atomic mass is 10.0. The summed E-state index contributed by atoms with van der Waals surface area (Å²) >= 11 is 0. The summed E-state index contributed by atoms with van der Waals surface area (Å²) in [6.45, 7) is 5.31. The zero-order valence-electron chi connectivity index (χ0n) is 13.3. The second kappa shape index (κ2) is 7.56. The molecule has 1 saturated heterocycles. The van der Waals surface area contributed by atoms with E-state index < -0.39 is 18.1 Å². The number of nitrogens with zero attached hydrogens (tertiary/aromatic N) is 1. The Morgan fingerprint density at radius 3 is 2.64 bits per heavy atom. The van der Waals surface area contributed by atoms with Crippen LogP contribution in [0.5, 0.6) is 0 Å². The molecule has 120 valence electrons. The van der Waals surface area contributed by atoms with E-state index in [9.17, 15) is 15.0 Å². The van der Waals surface area contributed by atoms with E-state index in [0.29, 0.717) is 25.4 Å². The highest BCUT2D eigenvalue weighted by molar-refractivity contribution is 5.75. The second-order valence-corrected chi connectivity index (χ2v) is 6.40. The van der Waals surface area contributed by atoms with Gasteiger partial charge in [-0.05, 0) is 23.5 Å². The molecule has 1 aliphatic heterocycles. The third-order valence-electron chi connectivity index (χ3n) is 4.02. The fourth-order valence-corrected chi connectivity index (χ4v) is 2.83. The maximum absolute atomic E-state index is 11.4. The Kier molecular flexibility index (Phi) is 5.75. The summed E-state index contributed by atoms with van der Waals surface area (Å²) in [7, 11) is 0. The van der Waals surface area contributed by atoms with Crippen molar-refractivity contribution < 1.29 is 15.0 Å². The molecular weight excluding hydrogens is 278 g/mol. The lowest BCUT2D eigenvalue weighted by molar-refractivity contribution is -0.141. The van der Waals surface area contributed by atoms with Gasteiger partial charge in [-0.15, -0.1) is 0 Å². The van der Waals surface area contributed by atoms with Crippen LogP contribution in [0.3, 0.4) is 0 Å². The van der Waals surface area contributed by atoms with Crippen LogP contribution < -0.4 is 0 Å². The molecule has 0 saturated carbocycles. The monoisotopic (exact) mass is 303 g/mol. The molecule has 0 spiro atoms. The van der Waals surface area contributed by atoms with Crippen LogP contribution in [0.1, 0.15) is 32.3 Å². The molecule has 0 radical (unpaired) electrons. The number of carboxylic acid groups (broad SMARTS) is 1. The largest absolute Gasteiger partial charge is 0.480 e. The van der Waals surface area contributed by atoms with Crippen LogP contribution in [0.4, 0.5) is 0 Å². The molecule has 1 aliphatic rings. The number of likely N-dealkylation sites (tertiary alicyclic amines) is 1. The van der Waals surface area contributed by atoms with Crippen molar-refractivity contribution in [1.29, 1.82) is 0 Å². The van der Waals surface area contributed by atoms with Crippen LogP contribution in [0.2, 0.25) is 0 Å². The van der Waals surface area contributed by atoms with Crippen molar-refractivity contribution in [2.45, 2.75) is 38.8 Å². The third kappa shape index (κ3) is 4.42. The highest BCUT2D eigenvalue weighted by Crippen LogP contribution is 2.24. The second-order valence-electron chi connectivity index (χ2n) is 6.40. The van der Waals surface area contributed by atoms with E-state index >= 15 is 0 Å². The molecule has 1 fully saturated rings. The Labute approximate surface area is 132 Å². The van der Waals surface area contributed by atoms with Gasteiger partial charge in [0.05, 0.1) is 6.10 Å². The van der Waals surface area contributed by atoms with Gasteiger partial charge in [0, 0.05) is 19.5 Å². The van der Waals surface area contributed by atoms with E-state index in [1.807, 2.05) is 23.1 Å². The van der Waals surface area contributed by atoms with Crippen LogP contribution in [-0.4, -0.2) is 46.3 Å². The molecule has 4 heteroatoms. The quantitative estimate of drug-likeness (QED) is 0.848. The lowest BCUT2D eigenvalue weighted by Crippen LogP contribution is -2.37. The molecule has 2 atom stereocenters. The first-order chi connectivity index (χ1) is 10.5. The fourth-order valence-electron chi connectivity index (χ4n) is 2.83. The molecule has 1 aromatic rings. The molecular formula is C18H25NO3. The molecule has 1 heterocycles. The summed E-state index contributed by atoms with van der Waals surface area (Å²) in [5.41, 5.74) is 2.25. The third-order valence-corrected chi connectivity index (χ3v) is 4.02. The van der Waals surface area contributed by atoms with E-state index in [4.69, 9.17) is 0 Å². The van der Waals surface area contributed by atoms with Gasteiger partial charge >= 0.3 is 5.97 Å². The van der Waals surface area contributed by atoms with Crippen molar-refractivity contribution in [1.82, 2.24) is 4.90 Å². The molecule has 0 aliphatic carbocycles. The average Bonchev–Trinajstić information content (AvgIpc) is 2.85. The number of aliphatic carboxylic acids is 1. The Balaban J connectivity index is 2.19.